The second-order valence-corrected chi connectivity index (χ2v) is 4.03. The second kappa shape index (κ2) is 7.72. The first kappa shape index (κ1) is 16.3. The van der Waals surface area contributed by atoms with Gasteiger partial charge in [0.1, 0.15) is 11.8 Å². The lowest BCUT2D eigenvalue weighted by Crippen LogP contribution is -2.43. The van der Waals surface area contributed by atoms with E-state index in [2.05, 4.69) is 10.6 Å². The third kappa shape index (κ3) is 4.67. The third-order valence-corrected chi connectivity index (χ3v) is 2.60. The predicted molar refractivity (Wildman–Crippen MR) is 73.0 cm³/mol. The van der Waals surface area contributed by atoms with Crippen LogP contribution < -0.4 is 15.4 Å². The molecule has 0 aromatic heterocycles. The molecule has 0 saturated carbocycles. The van der Waals surface area contributed by atoms with Crippen molar-refractivity contribution in [3.8, 4) is 11.8 Å². The normalized spacial score (nSPS) is 11.1. The average molecular weight is 293 g/mol. The van der Waals surface area contributed by atoms with Crippen LogP contribution in [0.2, 0.25) is 0 Å². The SMILES string of the molecule is COc1cc(C#N)ccc1NC(=O)N[C@H](CCO)C(=O)O. The second-order valence-electron chi connectivity index (χ2n) is 4.03. The number of rotatable bonds is 6. The summed E-state index contributed by atoms with van der Waals surface area (Å²) in [4.78, 5) is 22.6. The zero-order chi connectivity index (χ0) is 15.8. The van der Waals surface area contributed by atoms with E-state index in [-0.39, 0.29) is 18.8 Å². The lowest BCUT2D eigenvalue weighted by Gasteiger charge is -2.15. The number of nitriles is 1. The molecule has 0 fully saturated rings. The van der Waals surface area contributed by atoms with Gasteiger partial charge in [-0.1, -0.05) is 0 Å². The summed E-state index contributed by atoms with van der Waals surface area (Å²) in [6.45, 7) is -0.364. The fourth-order valence-electron chi connectivity index (χ4n) is 1.57. The number of aliphatic hydroxyl groups is 1. The molecule has 112 valence electrons. The number of benzene rings is 1. The summed E-state index contributed by atoms with van der Waals surface area (Å²) in [5, 5.41) is 31.0. The number of methoxy groups -OCH3 is 1. The molecule has 1 aromatic rings. The number of anilines is 1. The summed E-state index contributed by atoms with van der Waals surface area (Å²) in [6, 6.07) is 4.39. The molecule has 0 aliphatic carbocycles. The minimum Gasteiger partial charge on any atom is -0.495 e. The van der Waals surface area contributed by atoms with E-state index in [1.54, 1.807) is 0 Å². The van der Waals surface area contributed by atoms with Crippen molar-refractivity contribution in [3.63, 3.8) is 0 Å². The molecule has 2 amide bonds. The molecule has 0 spiro atoms. The number of hydrogen-bond donors (Lipinski definition) is 4. The van der Waals surface area contributed by atoms with E-state index in [1.165, 1.54) is 25.3 Å². The van der Waals surface area contributed by atoms with E-state index in [0.717, 1.165) is 0 Å². The van der Waals surface area contributed by atoms with Crippen LogP contribution in [-0.2, 0) is 4.79 Å². The number of urea groups is 1. The lowest BCUT2D eigenvalue weighted by atomic mass is 10.2. The highest BCUT2D eigenvalue weighted by molar-refractivity contribution is 5.93. The topological polar surface area (TPSA) is 132 Å². The van der Waals surface area contributed by atoms with Crippen molar-refractivity contribution in [2.24, 2.45) is 0 Å². The Morgan fingerprint density at radius 3 is 2.71 bits per heavy atom. The van der Waals surface area contributed by atoms with Gasteiger partial charge in [0, 0.05) is 19.1 Å². The molecule has 21 heavy (non-hydrogen) atoms. The van der Waals surface area contributed by atoms with Gasteiger partial charge in [-0.25, -0.2) is 9.59 Å². The smallest absolute Gasteiger partial charge is 0.326 e. The molecule has 8 heteroatoms. The number of ether oxygens (including phenoxy) is 1. The summed E-state index contributed by atoms with van der Waals surface area (Å²) in [5.74, 6) is -0.968. The van der Waals surface area contributed by atoms with Crippen LogP contribution in [0.5, 0.6) is 5.75 Å². The molecule has 4 N–H and O–H groups in total. The van der Waals surface area contributed by atoms with Crippen molar-refractivity contribution in [1.29, 1.82) is 5.26 Å². The first-order chi connectivity index (χ1) is 10.0. The summed E-state index contributed by atoms with van der Waals surface area (Å²) in [5.41, 5.74) is 0.656. The van der Waals surface area contributed by atoms with Crippen molar-refractivity contribution in [1.82, 2.24) is 5.32 Å². The van der Waals surface area contributed by atoms with E-state index in [4.69, 9.17) is 20.2 Å². The zero-order valence-electron chi connectivity index (χ0n) is 11.3. The molecule has 0 saturated heterocycles. The Morgan fingerprint density at radius 2 is 2.19 bits per heavy atom. The van der Waals surface area contributed by atoms with Crippen LogP contribution in [0, 0.1) is 11.3 Å². The van der Waals surface area contributed by atoms with Crippen molar-refractivity contribution in [2.75, 3.05) is 19.0 Å². The van der Waals surface area contributed by atoms with Gasteiger partial charge in [0.2, 0.25) is 0 Å². The van der Waals surface area contributed by atoms with Crippen molar-refractivity contribution in [2.45, 2.75) is 12.5 Å². The highest BCUT2D eigenvalue weighted by Gasteiger charge is 2.19. The van der Waals surface area contributed by atoms with Crippen LogP contribution in [-0.4, -0.2) is 42.0 Å². The number of nitrogens with one attached hydrogen (secondary N) is 2. The molecule has 0 unspecified atom stereocenters. The Hall–Kier alpha value is -2.79. The maximum absolute atomic E-state index is 11.7. The van der Waals surface area contributed by atoms with Crippen LogP contribution in [0.4, 0.5) is 10.5 Å². The first-order valence-corrected chi connectivity index (χ1v) is 6.01. The fourth-order valence-corrected chi connectivity index (χ4v) is 1.57. The van der Waals surface area contributed by atoms with E-state index in [1.807, 2.05) is 6.07 Å². The van der Waals surface area contributed by atoms with Gasteiger partial charge in [-0.3, -0.25) is 0 Å². The molecular weight excluding hydrogens is 278 g/mol. The fraction of sp³-hybridized carbons (Fsp3) is 0.308. The Bertz CT molecular complexity index is 567. The molecule has 1 aromatic carbocycles. The van der Waals surface area contributed by atoms with Gasteiger partial charge < -0.3 is 25.6 Å². The number of carboxylic acids is 1. The van der Waals surface area contributed by atoms with Gasteiger partial charge in [0.05, 0.1) is 24.4 Å². The number of aliphatic hydroxyl groups excluding tert-OH is 1. The maximum atomic E-state index is 11.7. The molecule has 0 aliphatic rings. The number of aliphatic carboxylic acids is 1. The largest absolute Gasteiger partial charge is 0.495 e. The number of hydrogen-bond acceptors (Lipinski definition) is 5. The minimum absolute atomic E-state index is 0.104. The Morgan fingerprint density at radius 1 is 1.48 bits per heavy atom. The lowest BCUT2D eigenvalue weighted by molar-refractivity contribution is -0.139. The molecule has 0 heterocycles. The van der Waals surface area contributed by atoms with Gasteiger partial charge in [0.15, 0.2) is 0 Å². The number of carboxylic acid groups (broad SMARTS) is 1. The molecule has 0 radical (unpaired) electrons. The number of amides is 2. The number of carbonyl (C=O) groups excluding carboxylic acids is 1. The highest BCUT2D eigenvalue weighted by atomic mass is 16.5. The van der Waals surface area contributed by atoms with Crippen LogP contribution in [0.3, 0.4) is 0 Å². The van der Waals surface area contributed by atoms with Crippen molar-refractivity contribution in [3.05, 3.63) is 23.8 Å². The van der Waals surface area contributed by atoms with E-state index in [0.29, 0.717) is 11.3 Å². The van der Waals surface area contributed by atoms with Crippen LogP contribution >= 0.6 is 0 Å². The van der Waals surface area contributed by atoms with E-state index < -0.39 is 18.0 Å². The maximum Gasteiger partial charge on any atom is 0.326 e. The number of nitrogens with zero attached hydrogens (tertiary/aromatic N) is 1. The standard InChI is InChI=1S/C13H15N3O5/c1-21-11-6-8(7-14)2-3-9(11)15-13(20)16-10(4-5-17)12(18)19/h2-3,6,10,17H,4-5H2,1H3,(H,18,19)(H2,15,16,20)/t10-/m1/s1. The monoisotopic (exact) mass is 293 g/mol. The van der Waals surface area contributed by atoms with Gasteiger partial charge in [0.25, 0.3) is 0 Å². The predicted octanol–water partition coefficient (Wildman–Crippen LogP) is 0.524. The molecule has 8 nitrogen and oxygen atoms in total. The Balaban J connectivity index is 2.79. The summed E-state index contributed by atoms with van der Waals surface area (Å²) in [7, 11) is 1.38. The zero-order valence-corrected chi connectivity index (χ0v) is 11.3. The average Bonchev–Trinajstić information content (AvgIpc) is 2.47. The Kier molecular flexibility index (Phi) is 5.98. The van der Waals surface area contributed by atoms with Crippen LogP contribution in [0.15, 0.2) is 18.2 Å². The van der Waals surface area contributed by atoms with Crippen LogP contribution in [0.1, 0.15) is 12.0 Å². The minimum atomic E-state index is -1.24. The van der Waals surface area contributed by atoms with Crippen LogP contribution in [0.25, 0.3) is 0 Å². The highest BCUT2D eigenvalue weighted by Crippen LogP contribution is 2.25. The molecule has 1 rings (SSSR count). The molecule has 1 atom stereocenters. The number of carbonyl (C=O) groups is 2. The molecular formula is C13H15N3O5. The summed E-state index contributed by atoms with van der Waals surface area (Å²) in [6.07, 6.45) is -0.104. The van der Waals surface area contributed by atoms with E-state index in [9.17, 15) is 9.59 Å². The summed E-state index contributed by atoms with van der Waals surface area (Å²) < 4.78 is 5.04. The van der Waals surface area contributed by atoms with Gasteiger partial charge in [-0.2, -0.15) is 5.26 Å². The third-order valence-electron chi connectivity index (χ3n) is 2.60. The molecule has 0 bridgehead atoms. The molecule has 0 aliphatic heterocycles. The van der Waals surface area contributed by atoms with Gasteiger partial charge >= 0.3 is 12.0 Å². The summed E-state index contributed by atoms with van der Waals surface area (Å²) >= 11 is 0. The van der Waals surface area contributed by atoms with Crippen molar-refractivity contribution < 1.29 is 24.5 Å². The van der Waals surface area contributed by atoms with Gasteiger partial charge in [-0.15, -0.1) is 0 Å². The van der Waals surface area contributed by atoms with Crippen molar-refractivity contribution >= 4 is 17.7 Å². The Labute approximate surface area is 121 Å². The first-order valence-electron chi connectivity index (χ1n) is 6.01. The quantitative estimate of drug-likeness (QED) is 0.604. The van der Waals surface area contributed by atoms with E-state index >= 15 is 0 Å². The van der Waals surface area contributed by atoms with Gasteiger partial charge in [-0.05, 0) is 12.1 Å².